The molecule has 0 saturated carbocycles. The number of benzene rings is 2. The molecule has 0 unspecified atom stereocenters. The van der Waals surface area contributed by atoms with Crippen LogP contribution in [0.2, 0.25) is 0 Å². The fraction of sp³-hybridized carbons (Fsp3) is 0.154. The van der Waals surface area contributed by atoms with E-state index in [1.165, 1.54) is 16.3 Å². The van der Waals surface area contributed by atoms with E-state index in [-0.39, 0.29) is 0 Å². The first kappa shape index (κ1) is 11.0. The lowest BCUT2D eigenvalue weighted by atomic mass is 10.0. The Labute approximate surface area is 100 Å². The predicted molar refractivity (Wildman–Crippen MR) is 72.4 cm³/mol. The van der Waals surface area contributed by atoms with Gasteiger partial charge in [0.25, 0.3) is 0 Å². The van der Waals surface area contributed by atoms with E-state index < -0.39 is 0 Å². The van der Waals surface area contributed by atoms with E-state index in [2.05, 4.69) is 35.6 Å². The molecule has 0 radical (unpaired) electrons. The summed E-state index contributed by atoms with van der Waals surface area (Å²) in [4.78, 5) is 0.702. The molecule has 0 aliphatic carbocycles. The van der Waals surface area contributed by atoms with Gasteiger partial charge in [0, 0.05) is 13.1 Å². The van der Waals surface area contributed by atoms with Crippen molar-refractivity contribution >= 4 is 28.0 Å². The third kappa shape index (κ3) is 2.38. The molecule has 0 heterocycles. The second kappa shape index (κ2) is 5.05. The minimum Gasteiger partial charge on any atom is -0.374 e. The fourth-order valence-corrected chi connectivity index (χ4v) is 1.78. The zero-order valence-electron chi connectivity index (χ0n) is 8.94. The predicted octanol–water partition coefficient (Wildman–Crippen LogP) is 2.22. The van der Waals surface area contributed by atoms with Crippen LogP contribution in [-0.4, -0.2) is 11.5 Å². The van der Waals surface area contributed by atoms with E-state index in [1.807, 2.05) is 12.1 Å². The molecule has 0 aliphatic heterocycles. The van der Waals surface area contributed by atoms with Gasteiger partial charge in [0.1, 0.15) is 0 Å². The third-order valence-corrected chi connectivity index (χ3v) is 2.85. The summed E-state index contributed by atoms with van der Waals surface area (Å²) in [5.41, 5.74) is 6.69. The molecule has 3 heteroatoms. The van der Waals surface area contributed by atoms with Crippen LogP contribution >= 0.6 is 12.2 Å². The standard InChI is InChI=1S/C13H14N2S/c14-8-13(16)15-9-11-6-3-5-10-4-1-2-7-12(10)11/h1-7H,8-9,14H2,(H,15,16). The average Bonchev–Trinajstić information content (AvgIpc) is 2.35. The Morgan fingerprint density at radius 2 is 1.88 bits per heavy atom. The van der Waals surface area contributed by atoms with Crippen molar-refractivity contribution in [1.82, 2.24) is 5.32 Å². The maximum absolute atomic E-state index is 5.45. The van der Waals surface area contributed by atoms with E-state index in [4.69, 9.17) is 18.0 Å². The number of rotatable bonds is 3. The highest BCUT2D eigenvalue weighted by atomic mass is 32.1. The molecule has 0 fully saturated rings. The zero-order chi connectivity index (χ0) is 11.4. The number of hydrogen-bond acceptors (Lipinski definition) is 2. The Hall–Kier alpha value is -1.45. The molecule has 2 aromatic carbocycles. The number of nitrogens with one attached hydrogen (secondary N) is 1. The fourth-order valence-electron chi connectivity index (χ4n) is 1.71. The van der Waals surface area contributed by atoms with Crippen molar-refractivity contribution in [2.75, 3.05) is 6.54 Å². The molecule has 0 saturated heterocycles. The lowest BCUT2D eigenvalue weighted by molar-refractivity contribution is 0.921. The van der Waals surface area contributed by atoms with Crippen molar-refractivity contribution in [2.45, 2.75) is 6.54 Å². The first-order chi connectivity index (χ1) is 7.81. The van der Waals surface area contributed by atoms with Crippen molar-refractivity contribution in [3.63, 3.8) is 0 Å². The number of thiocarbonyl (C=S) groups is 1. The molecule has 2 aromatic rings. The van der Waals surface area contributed by atoms with Crippen molar-refractivity contribution in [3.05, 3.63) is 48.0 Å². The zero-order valence-corrected chi connectivity index (χ0v) is 9.76. The molecule has 82 valence electrons. The first-order valence-electron chi connectivity index (χ1n) is 5.24. The van der Waals surface area contributed by atoms with Gasteiger partial charge in [-0.05, 0) is 16.3 Å². The Bertz CT molecular complexity index is 503. The van der Waals surface area contributed by atoms with Gasteiger partial charge in [-0.2, -0.15) is 0 Å². The molecular formula is C13H14N2S. The molecule has 0 bridgehead atoms. The molecular weight excluding hydrogens is 216 g/mol. The molecule has 0 spiro atoms. The molecule has 0 aromatic heterocycles. The monoisotopic (exact) mass is 230 g/mol. The topological polar surface area (TPSA) is 38.0 Å². The van der Waals surface area contributed by atoms with Gasteiger partial charge in [-0.25, -0.2) is 0 Å². The number of fused-ring (bicyclic) bond motifs is 1. The molecule has 0 atom stereocenters. The second-order valence-corrected chi connectivity index (χ2v) is 4.11. The first-order valence-corrected chi connectivity index (χ1v) is 5.65. The van der Waals surface area contributed by atoms with Crippen LogP contribution in [0.1, 0.15) is 5.56 Å². The summed E-state index contributed by atoms with van der Waals surface area (Å²) in [6.07, 6.45) is 0. The lowest BCUT2D eigenvalue weighted by Crippen LogP contribution is -2.27. The minimum atomic E-state index is 0.403. The molecule has 3 N–H and O–H groups in total. The van der Waals surface area contributed by atoms with Crippen LogP contribution in [0.25, 0.3) is 10.8 Å². The highest BCUT2D eigenvalue weighted by molar-refractivity contribution is 7.80. The van der Waals surface area contributed by atoms with Crippen LogP contribution in [0.15, 0.2) is 42.5 Å². The summed E-state index contributed by atoms with van der Waals surface area (Å²) in [7, 11) is 0. The summed E-state index contributed by atoms with van der Waals surface area (Å²) >= 11 is 5.04. The Morgan fingerprint density at radius 1 is 1.12 bits per heavy atom. The lowest BCUT2D eigenvalue weighted by Gasteiger charge is -2.08. The van der Waals surface area contributed by atoms with E-state index in [1.54, 1.807) is 0 Å². The minimum absolute atomic E-state index is 0.403. The summed E-state index contributed by atoms with van der Waals surface area (Å²) in [5, 5.41) is 5.66. The van der Waals surface area contributed by atoms with E-state index in [0.29, 0.717) is 11.5 Å². The van der Waals surface area contributed by atoms with Gasteiger partial charge in [0.15, 0.2) is 0 Å². The largest absolute Gasteiger partial charge is 0.374 e. The normalized spacial score (nSPS) is 10.3. The quantitative estimate of drug-likeness (QED) is 0.794. The molecule has 0 amide bonds. The van der Waals surface area contributed by atoms with Gasteiger partial charge >= 0.3 is 0 Å². The Morgan fingerprint density at radius 3 is 2.69 bits per heavy atom. The molecule has 2 rings (SSSR count). The van der Waals surface area contributed by atoms with E-state index in [0.717, 1.165) is 6.54 Å². The van der Waals surface area contributed by atoms with Crippen LogP contribution < -0.4 is 11.1 Å². The second-order valence-electron chi connectivity index (χ2n) is 3.62. The highest BCUT2D eigenvalue weighted by Crippen LogP contribution is 2.17. The van der Waals surface area contributed by atoms with Crippen molar-refractivity contribution in [3.8, 4) is 0 Å². The van der Waals surface area contributed by atoms with Crippen LogP contribution in [0.3, 0.4) is 0 Å². The van der Waals surface area contributed by atoms with Gasteiger partial charge in [-0.1, -0.05) is 54.7 Å². The van der Waals surface area contributed by atoms with Crippen LogP contribution in [-0.2, 0) is 6.54 Å². The van der Waals surface area contributed by atoms with Gasteiger partial charge in [0.05, 0.1) is 4.99 Å². The van der Waals surface area contributed by atoms with Gasteiger partial charge in [-0.15, -0.1) is 0 Å². The Kier molecular flexibility index (Phi) is 3.49. The molecule has 2 nitrogen and oxygen atoms in total. The average molecular weight is 230 g/mol. The van der Waals surface area contributed by atoms with Gasteiger partial charge < -0.3 is 11.1 Å². The summed E-state index contributed by atoms with van der Waals surface area (Å²) in [6.45, 7) is 1.14. The highest BCUT2D eigenvalue weighted by Gasteiger charge is 2.00. The van der Waals surface area contributed by atoms with Crippen molar-refractivity contribution in [1.29, 1.82) is 0 Å². The summed E-state index contributed by atoms with van der Waals surface area (Å²) in [6, 6.07) is 14.6. The smallest absolute Gasteiger partial charge is 0.0894 e. The van der Waals surface area contributed by atoms with Crippen molar-refractivity contribution < 1.29 is 0 Å². The third-order valence-electron chi connectivity index (χ3n) is 2.54. The van der Waals surface area contributed by atoms with Crippen LogP contribution in [0.4, 0.5) is 0 Å². The maximum Gasteiger partial charge on any atom is 0.0894 e. The van der Waals surface area contributed by atoms with Crippen molar-refractivity contribution in [2.24, 2.45) is 5.73 Å². The molecule has 16 heavy (non-hydrogen) atoms. The Balaban J connectivity index is 2.27. The SMILES string of the molecule is NCC(=S)NCc1cccc2ccccc12. The van der Waals surface area contributed by atoms with Gasteiger partial charge in [0.2, 0.25) is 0 Å². The van der Waals surface area contributed by atoms with Gasteiger partial charge in [-0.3, -0.25) is 0 Å². The summed E-state index contributed by atoms with van der Waals surface area (Å²) in [5.74, 6) is 0. The summed E-state index contributed by atoms with van der Waals surface area (Å²) < 4.78 is 0. The van der Waals surface area contributed by atoms with E-state index >= 15 is 0 Å². The maximum atomic E-state index is 5.45. The number of nitrogens with two attached hydrogens (primary N) is 1. The number of hydrogen-bond donors (Lipinski definition) is 2. The molecule has 0 aliphatic rings. The van der Waals surface area contributed by atoms with Crippen LogP contribution in [0.5, 0.6) is 0 Å². The van der Waals surface area contributed by atoms with E-state index in [9.17, 15) is 0 Å². The van der Waals surface area contributed by atoms with Crippen LogP contribution in [0, 0.1) is 0 Å².